The van der Waals surface area contributed by atoms with Crippen LogP contribution in [0.3, 0.4) is 0 Å². The van der Waals surface area contributed by atoms with Crippen LogP contribution < -0.4 is 5.32 Å². The van der Waals surface area contributed by atoms with Crippen LogP contribution in [-0.4, -0.2) is 69.0 Å². The van der Waals surface area contributed by atoms with Crippen LogP contribution in [0.1, 0.15) is 24.3 Å². The normalized spacial score (nSPS) is 23.1. The molecule has 0 unspecified atom stereocenters. The third-order valence-corrected chi connectivity index (χ3v) is 5.41. The van der Waals surface area contributed by atoms with Crippen LogP contribution >= 0.6 is 0 Å². The monoisotopic (exact) mass is 471 g/mol. The summed E-state index contributed by atoms with van der Waals surface area (Å²) in [6.07, 6.45) is 1.43. The molecule has 2 saturated heterocycles. The van der Waals surface area contributed by atoms with Gasteiger partial charge in [0.15, 0.2) is 5.82 Å². The quantitative estimate of drug-likeness (QED) is 0.689. The predicted octanol–water partition coefficient (Wildman–Crippen LogP) is 2.27. The number of rotatable bonds is 4. The number of anilines is 1. The van der Waals surface area contributed by atoms with Gasteiger partial charge in [0.05, 0.1) is 18.0 Å². The van der Waals surface area contributed by atoms with Crippen LogP contribution in [-0.2, 0) is 20.9 Å². The first kappa shape index (κ1) is 24.6. The van der Waals surface area contributed by atoms with Gasteiger partial charge in [0.1, 0.15) is 5.76 Å². The molecule has 0 spiro atoms. The van der Waals surface area contributed by atoms with Crippen molar-refractivity contribution in [3.63, 3.8) is 0 Å². The van der Waals surface area contributed by atoms with Gasteiger partial charge in [-0.05, 0) is 19.8 Å². The van der Waals surface area contributed by atoms with Crippen LogP contribution in [0, 0.1) is 18.8 Å². The largest absolute Gasteiger partial charge is 0.490 e. The fraction of sp³-hybridized carbons (Fsp3) is 0.550. The number of aromatic nitrogens is 3. The second kappa shape index (κ2) is 10.7. The van der Waals surface area contributed by atoms with Crippen LogP contribution in [0.2, 0.25) is 0 Å². The summed E-state index contributed by atoms with van der Waals surface area (Å²) >= 11 is 0. The molecule has 2 aliphatic heterocycles. The van der Waals surface area contributed by atoms with Gasteiger partial charge in [-0.2, -0.15) is 13.2 Å². The third kappa shape index (κ3) is 6.96. The number of fused-ring (bicyclic) bond motifs is 1. The molecule has 3 atom stereocenters. The maximum absolute atomic E-state index is 12.8. The number of aryl methyl sites for hydroxylation is 1. The van der Waals surface area contributed by atoms with Crippen LogP contribution in [0.25, 0.3) is 0 Å². The molecule has 4 rings (SSSR count). The van der Waals surface area contributed by atoms with E-state index in [0.717, 1.165) is 43.9 Å². The van der Waals surface area contributed by atoms with E-state index in [0.29, 0.717) is 12.4 Å². The van der Waals surface area contributed by atoms with E-state index in [1.165, 1.54) is 0 Å². The van der Waals surface area contributed by atoms with E-state index in [2.05, 4.69) is 25.3 Å². The molecule has 1 amide bonds. The van der Waals surface area contributed by atoms with Crippen molar-refractivity contribution in [2.24, 2.45) is 11.8 Å². The molecule has 0 saturated carbocycles. The molecule has 180 valence electrons. The Kier molecular flexibility index (Phi) is 7.97. The fourth-order valence-electron chi connectivity index (χ4n) is 3.96. The zero-order chi connectivity index (χ0) is 24.0. The lowest BCUT2D eigenvalue weighted by Gasteiger charge is -2.44. The number of carboxylic acids is 1. The summed E-state index contributed by atoms with van der Waals surface area (Å²) in [7, 11) is 0. The van der Waals surface area contributed by atoms with Gasteiger partial charge in [-0.15, -0.1) is 0 Å². The zero-order valence-corrected chi connectivity index (χ0v) is 17.8. The lowest BCUT2D eigenvalue weighted by molar-refractivity contribution is -0.192. The maximum atomic E-state index is 12.8. The molecule has 2 aromatic heterocycles. The SMILES string of the molecule is Cc1cc(CN2CC[C@H]3OCC[C@@H](C(=O)Nc4cnccn4)[C@H]3C2)no1.O=C(O)C(F)(F)F. The number of aliphatic carboxylic acids is 1. The van der Waals surface area contributed by atoms with Gasteiger partial charge in [0.2, 0.25) is 5.91 Å². The molecular weight excluding hydrogens is 447 g/mol. The standard InChI is InChI=1S/C18H23N5O3.C2HF3O2/c1-12-8-13(22-26-12)10-23-6-2-16-15(11-23)14(3-7-25-16)18(24)21-17-9-19-4-5-20-17;3-2(4,5)1(6)7/h4-5,8-9,14-16H,2-3,6-7,10-11H2,1H3,(H,20,21,24);(H,6,7)/t14-,15-,16-;/m1./s1. The van der Waals surface area contributed by atoms with Crippen molar-refractivity contribution in [3.8, 4) is 0 Å². The highest BCUT2D eigenvalue weighted by molar-refractivity contribution is 5.91. The number of halogens is 3. The summed E-state index contributed by atoms with van der Waals surface area (Å²) in [6.45, 7) is 5.01. The molecule has 0 radical (unpaired) electrons. The number of alkyl halides is 3. The molecule has 13 heteroatoms. The van der Waals surface area contributed by atoms with Gasteiger partial charge in [-0.1, -0.05) is 5.16 Å². The van der Waals surface area contributed by atoms with Crippen LogP contribution in [0.4, 0.5) is 19.0 Å². The Labute approximate surface area is 187 Å². The second-order valence-corrected chi connectivity index (χ2v) is 7.80. The highest BCUT2D eigenvalue weighted by Crippen LogP contribution is 2.34. The van der Waals surface area contributed by atoms with Gasteiger partial charge in [-0.3, -0.25) is 14.7 Å². The number of carbonyl (C=O) groups is 2. The Bertz CT molecular complexity index is 940. The van der Waals surface area contributed by atoms with Gasteiger partial charge >= 0.3 is 12.1 Å². The summed E-state index contributed by atoms with van der Waals surface area (Å²) < 4.78 is 42.8. The number of hydrogen-bond acceptors (Lipinski definition) is 8. The molecule has 0 bridgehead atoms. The Morgan fingerprint density at radius 1 is 1.30 bits per heavy atom. The van der Waals surface area contributed by atoms with E-state index in [9.17, 15) is 18.0 Å². The Balaban J connectivity index is 0.000000383. The van der Waals surface area contributed by atoms with Crippen molar-refractivity contribution in [1.29, 1.82) is 0 Å². The molecule has 0 aliphatic carbocycles. The van der Waals surface area contributed by atoms with Crippen LogP contribution in [0.15, 0.2) is 29.2 Å². The number of nitrogens with one attached hydrogen (secondary N) is 1. The third-order valence-electron chi connectivity index (χ3n) is 5.41. The molecule has 2 aliphatic rings. The summed E-state index contributed by atoms with van der Waals surface area (Å²) in [5, 5.41) is 14.1. The number of piperidine rings is 1. The number of carbonyl (C=O) groups excluding carboxylic acids is 1. The lowest BCUT2D eigenvalue weighted by Crippen LogP contribution is -2.52. The number of likely N-dealkylation sites (tertiary alicyclic amines) is 1. The molecular formula is C20H24F3N5O5. The van der Waals surface area contributed by atoms with E-state index in [4.69, 9.17) is 19.2 Å². The van der Waals surface area contributed by atoms with E-state index >= 15 is 0 Å². The first-order chi connectivity index (χ1) is 15.6. The minimum absolute atomic E-state index is 0.00271. The average Bonchev–Trinajstić information content (AvgIpc) is 3.18. The Morgan fingerprint density at radius 3 is 2.67 bits per heavy atom. The van der Waals surface area contributed by atoms with Gasteiger partial charge in [-0.25, -0.2) is 9.78 Å². The van der Waals surface area contributed by atoms with Crippen molar-refractivity contribution >= 4 is 17.7 Å². The molecule has 33 heavy (non-hydrogen) atoms. The topological polar surface area (TPSA) is 131 Å². The number of nitrogens with zero attached hydrogens (tertiary/aromatic N) is 4. The molecule has 2 fully saturated rings. The van der Waals surface area contributed by atoms with Gasteiger partial charge in [0, 0.05) is 56.5 Å². The Hall–Kier alpha value is -3.06. The van der Waals surface area contributed by atoms with Crippen molar-refractivity contribution in [1.82, 2.24) is 20.0 Å². The Morgan fingerprint density at radius 2 is 2.06 bits per heavy atom. The van der Waals surface area contributed by atoms with Crippen molar-refractivity contribution in [2.75, 3.05) is 25.0 Å². The average molecular weight is 471 g/mol. The van der Waals surface area contributed by atoms with E-state index in [1.807, 2.05) is 13.0 Å². The highest BCUT2D eigenvalue weighted by Gasteiger charge is 2.42. The summed E-state index contributed by atoms with van der Waals surface area (Å²) in [6, 6.07) is 1.96. The van der Waals surface area contributed by atoms with Gasteiger partial charge < -0.3 is 19.7 Å². The number of hydrogen-bond donors (Lipinski definition) is 2. The van der Waals surface area contributed by atoms with E-state index < -0.39 is 12.1 Å². The fourth-order valence-corrected chi connectivity index (χ4v) is 3.96. The van der Waals surface area contributed by atoms with E-state index in [-0.39, 0.29) is 23.8 Å². The van der Waals surface area contributed by atoms with Crippen molar-refractivity contribution < 1.29 is 37.1 Å². The highest BCUT2D eigenvalue weighted by atomic mass is 19.4. The first-order valence-corrected chi connectivity index (χ1v) is 10.3. The van der Waals surface area contributed by atoms with Crippen molar-refractivity contribution in [3.05, 3.63) is 36.1 Å². The molecule has 0 aromatic carbocycles. The summed E-state index contributed by atoms with van der Waals surface area (Å²) in [5.74, 6) is -1.36. The second-order valence-electron chi connectivity index (χ2n) is 7.80. The molecule has 10 nitrogen and oxygen atoms in total. The minimum Gasteiger partial charge on any atom is -0.475 e. The molecule has 4 heterocycles. The van der Waals surface area contributed by atoms with Crippen LogP contribution in [0.5, 0.6) is 0 Å². The first-order valence-electron chi connectivity index (χ1n) is 10.3. The molecule has 2 N–H and O–H groups in total. The zero-order valence-electron chi connectivity index (χ0n) is 17.8. The predicted molar refractivity (Wildman–Crippen MR) is 107 cm³/mol. The minimum atomic E-state index is -5.08. The lowest BCUT2D eigenvalue weighted by atomic mass is 9.79. The number of amides is 1. The summed E-state index contributed by atoms with van der Waals surface area (Å²) in [4.78, 5) is 32.2. The molecule has 2 aromatic rings. The maximum Gasteiger partial charge on any atom is 0.490 e. The number of ether oxygens (including phenoxy) is 1. The summed E-state index contributed by atoms with van der Waals surface area (Å²) in [5.41, 5.74) is 0.929. The van der Waals surface area contributed by atoms with E-state index in [1.54, 1.807) is 18.6 Å². The van der Waals surface area contributed by atoms with Crippen molar-refractivity contribution in [2.45, 2.75) is 38.6 Å². The number of carboxylic acid groups (broad SMARTS) is 1. The smallest absolute Gasteiger partial charge is 0.475 e. The van der Waals surface area contributed by atoms with Gasteiger partial charge in [0.25, 0.3) is 0 Å².